The van der Waals surface area contributed by atoms with Gasteiger partial charge in [-0.3, -0.25) is 0 Å². The van der Waals surface area contributed by atoms with Crippen molar-refractivity contribution in [3.8, 4) is 0 Å². The third kappa shape index (κ3) is 5.36. The third-order valence-corrected chi connectivity index (χ3v) is 8.90. The molecular weight excluding hydrogens is 415 g/mol. The highest BCUT2D eigenvalue weighted by molar-refractivity contribution is 7.81. The van der Waals surface area contributed by atoms with E-state index in [2.05, 4.69) is 57.4 Å². The van der Waals surface area contributed by atoms with Gasteiger partial charge in [0, 0.05) is 5.25 Å². The van der Waals surface area contributed by atoms with Gasteiger partial charge in [-0.25, -0.2) is 4.39 Å². The minimum Gasteiger partial charge on any atom is -0.386 e. The van der Waals surface area contributed by atoms with Crippen LogP contribution in [0.1, 0.15) is 85.5 Å². The van der Waals surface area contributed by atoms with Crippen LogP contribution in [0.3, 0.4) is 0 Å². The second-order valence-electron chi connectivity index (χ2n) is 10.6. The van der Waals surface area contributed by atoms with E-state index in [4.69, 9.17) is 0 Å². The molecule has 0 aromatic rings. The molecule has 0 radical (unpaired) electrons. The van der Waals surface area contributed by atoms with Gasteiger partial charge in [-0.05, 0) is 86.2 Å². The van der Waals surface area contributed by atoms with Gasteiger partial charge in [0.05, 0.1) is 5.60 Å². The normalized spacial score (nSPS) is 34.9. The molecule has 3 heteroatoms. The first-order chi connectivity index (χ1) is 15.1. The van der Waals surface area contributed by atoms with Gasteiger partial charge in [-0.15, -0.1) is 0 Å². The smallest absolute Gasteiger partial charge is 0.126 e. The first kappa shape index (κ1) is 25.6. The zero-order chi connectivity index (χ0) is 23.5. The molecule has 3 rings (SSSR count). The molecule has 0 aromatic carbocycles. The molecule has 3 aliphatic carbocycles. The molecular formula is C29H43FOS. The molecule has 178 valence electrons. The fraction of sp³-hybridized carbons (Fsp3) is 0.655. The van der Waals surface area contributed by atoms with Crippen LogP contribution < -0.4 is 0 Å². The Hall–Kier alpha value is -1.06. The maximum Gasteiger partial charge on any atom is 0.126 e. The van der Waals surface area contributed by atoms with Crippen molar-refractivity contribution in [2.45, 2.75) is 103 Å². The van der Waals surface area contributed by atoms with Crippen LogP contribution in [-0.2, 0) is 0 Å². The Morgan fingerprint density at radius 3 is 2.75 bits per heavy atom. The Morgan fingerprint density at radius 1 is 1.34 bits per heavy atom. The number of hydrogen-bond donors (Lipinski definition) is 2. The second-order valence-corrected chi connectivity index (χ2v) is 11.3. The molecule has 0 saturated heterocycles. The predicted molar refractivity (Wildman–Crippen MR) is 139 cm³/mol. The highest BCUT2D eigenvalue weighted by Gasteiger charge is 2.45. The second kappa shape index (κ2) is 10.5. The van der Waals surface area contributed by atoms with Crippen molar-refractivity contribution in [3.63, 3.8) is 0 Å². The van der Waals surface area contributed by atoms with E-state index < -0.39 is 11.8 Å². The number of thiol groups is 1. The Balaban J connectivity index is 1.73. The summed E-state index contributed by atoms with van der Waals surface area (Å²) in [5.41, 5.74) is 4.32. The van der Waals surface area contributed by atoms with Gasteiger partial charge in [0.15, 0.2) is 0 Å². The van der Waals surface area contributed by atoms with Crippen molar-refractivity contribution in [2.24, 2.45) is 17.3 Å². The molecule has 0 spiro atoms. The quantitative estimate of drug-likeness (QED) is 0.292. The molecule has 1 N–H and O–H groups in total. The fourth-order valence-electron chi connectivity index (χ4n) is 6.15. The summed E-state index contributed by atoms with van der Waals surface area (Å²) >= 11 is 4.53. The summed E-state index contributed by atoms with van der Waals surface area (Å²) < 4.78 is 14.2. The molecule has 3 aliphatic rings. The number of allylic oxidation sites excluding steroid dienone is 8. The van der Waals surface area contributed by atoms with E-state index >= 15 is 0 Å². The van der Waals surface area contributed by atoms with E-state index in [0.717, 1.165) is 44.1 Å². The molecule has 5 atom stereocenters. The van der Waals surface area contributed by atoms with Crippen LogP contribution in [0, 0.1) is 17.3 Å². The summed E-state index contributed by atoms with van der Waals surface area (Å²) in [7, 11) is 0. The molecule has 0 bridgehead atoms. The molecule has 2 saturated carbocycles. The van der Waals surface area contributed by atoms with Gasteiger partial charge in [0.25, 0.3) is 0 Å². The number of fused-ring (bicyclic) bond motifs is 1. The number of halogens is 1. The molecule has 0 heterocycles. The number of aliphatic hydroxyl groups is 1. The van der Waals surface area contributed by atoms with E-state index in [1.54, 1.807) is 5.57 Å². The summed E-state index contributed by atoms with van der Waals surface area (Å²) in [6, 6.07) is 0. The van der Waals surface area contributed by atoms with E-state index in [9.17, 15) is 9.50 Å². The zero-order valence-corrected chi connectivity index (χ0v) is 21.4. The van der Waals surface area contributed by atoms with Crippen molar-refractivity contribution in [1.82, 2.24) is 0 Å². The van der Waals surface area contributed by atoms with Gasteiger partial charge in [0.1, 0.15) is 6.17 Å². The van der Waals surface area contributed by atoms with E-state index in [1.807, 2.05) is 19.9 Å². The molecule has 2 fully saturated rings. The number of hydrogen-bond acceptors (Lipinski definition) is 2. The first-order valence-corrected chi connectivity index (χ1v) is 13.2. The summed E-state index contributed by atoms with van der Waals surface area (Å²) in [5, 5.41) is 10.6. The van der Waals surface area contributed by atoms with Crippen molar-refractivity contribution in [1.29, 1.82) is 0 Å². The standard InChI is InChI=1S/C29H43FOS/c1-6-29(31,7-2)17-8-10-20(3)25-14-15-26-22(11-9-16-28(25,26)5)12-13-23-18-24(32)19-27(30)21(23)4/h8,12-14,17,20,24,26-27,31-32H,4,6-7,9-11,15-16,18-19H2,1-3,5H3. The van der Waals surface area contributed by atoms with Gasteiger partial charge in [0.2, 0.25) is 0 Å². The monoisotopic (exact) mass is 458 g/mol. The van der Waals surface area contributed by atoms with Crippen LogP contribution in [0.25, 0.3) is 0 Å². The summed E-state index contributed by atoms with van der Waals surface area (Å²) in [6.45, 7) is 12.9. The lowest BCUT2D eigenvalue weighted by Crippen LogP contribution is -2.32. The Kier molecular flexibility index (Phi) is 8.36. The van der Waals surface area contributed by atoms with Crippen molar-refractivity contribution < 1.29 is 9.50 Å². The van der Waals surface area contributed by atoms with Gasteiger partial charge < -0.3 is 5.11 Å². The topological polar surface area (TPSA) is 20.2 Å². The number of alkyl halides is 1. The van der Waals surface area contributed by atoms with Crippen LogP contribution in [0.15, 0.2) is 59.3 Å². The van der Waals surface area contributed by atoms with Crippen LogP contribution in [0.4, 0.5) is 4.39 Å². The maximum absolute atomic E-state index is 14.2. The lowest BCUT2D eigenvalue weighted by Gasteiger charge is -2.42. The van der Waals surface area contributed by atoms with Gasteiger partial charge in [-0.2, -0.15) is 12.6 Å². The van der Waals surface area contributed by atoms with E-state index in [1.165, 1.54) is 18.4 Å². The van der Waals surface area contributed by atoms with Crippen LogP contribution >= 0.6 is 12.6 Å². The summed E-state index contributed by atoms with van der Waals surface area (Å²) in [5.74, 6) is 1.02. The molecule has 1 nitrogen and oxygen atoms in total. The lowest BCUT2D eigenvalue weighted by molar-refractivity contribution is 0.0824. The van der Waals surface area contributed by atoms with Crippen molar-refractivity contribution in [2.75, 3.05) is 0 Å². The maximum atomic E-state index is 14.2. The lowest BCUT2D eigenvalue weighted by atomic mass is 9.62. The number of rotatable bonds is 7. The summed E-state index contributed by atoms with van der Waals surface area (Å²) in [6.07, 6.45) is 18.6. The summed E-state index contributed by atoms with van der Waals surface area (Å²) in [4.78, 5) is 0. The zero-order valence-electron chi connectivity index (χ0n) is 20.5. The molecule has 0 amide bonds. The third-order valence-electron chi connectivity index (χ3n) is 8.51. The van der Waals surface area contributed by atoms with Crippen molar-refractivity contribution >= 4 is 12.6 Å². The molecule has 0 aliphatic heterocycles. The predicted octanol–water partition coefficient (Wildman–Crippen LogP) is 8.10. The Bertz CT molecular complexity index is 815. The van der Waals surface area contributed by atoms with Crippen LogP contribution in [0.5, 0.6) is 0 Å². The average Bonchev–Trinajstić information content (AvgIpc) is 3.12. The van der Waals surface area contributed by atoms with Gasteiger partial charge in [-0.1, -0.05) is 75.8 Å². The first-order valence-electron chi connectivity index (χ1n) is 12.6. The SMILES string of the molecule is C=C1C(=CC=C2CCCC3(C)C(C(C)CC=CC(O)(CC)CC)=CCC23)CC(S)CC1F. The Morgan fingerprint density at radius 2 is 2.06 bits per heavy atom. The molecule has 0 aromatic heterocycles. The largest absolute Gasteiger partial charge is 0.386 e. The highest BCUT2D eigenvalue weighted by Crippen LogP contribution is 2.57. The van der Waals surface area contributed by atoms with Crippen LogP contribution in [-0.4, -0.2) is 22.1 Å². The fourth-order valence-corrected chi connectivity index (χ4v) is 6.54. The van der Waals surface area contributed by atoms with E-state index in [0.29, 0.717) is 23.8 Å². The van der Waals surface area contributed by atoms with Gasteiger partial charge >= 0.3 is 0 Å². The minimum absolute atomic E-state index is 0.0866. The van der Waals surface area contributed by atoms with Crippen molar-refractivity contribution in [3.05, 3.63) is 59.3 Å². The van der Waals surface area contributed by atoms with E-state index in [-0.39, 0.29) is 10.7 Å². The molecule has 32 heavy (non-hydrogen) atoms. The highest BCUT2D eigenvalue weighted by atomic mass is 32.1. The molecule has 5 unspecified atom stereocenters. The minimum atomic E-state index is -0.959. The van der Waals surface area contributed by atoms with Crippen LogP contribution in [0.2, 0.25) is 0 Å². The Labute approximate surface area is 201 Å². The average molecular weight is 459 g/mol.